The summed E-state index contributed by atoms with van der Waals surface area (Å²) in [6.07, 6.45) is 2.15. The molecule has 0 radical (unpaired) electrons. The lowest BCUT2D eigenvalue weighted by Crippen LogP contribution is -2.26. The lowest BCUT2D eigenvalue weighted by molar-refractivity contribution is -0.131. The summed E-state index contributed by atoms with van der Waals surface area (Å²) in [4.78, 5) is 22.7. The van der Waals surface area contributed by atoms with Crippen molar-refractivity contribution in [1.29, 1.82) is 5.26 Å². The van der Waals surface area contributed by atoms with Gasteiger partial charge in [-0.2, -0.15) is 5.26 Å². The average molecular weight is 302 g/mol. The molecule has 0 bridgehead atoms. The lowest BCUT2D eigenvalue weighted by Gasteiger charge is -2.04. The summed E-state index contributed by atoms with van der Waals surface area (Å²) < 4.78 is 9.79. The van der Waals surface area contributed by atoms with Gasteiger partial charge < -0.3 is 14.8 Å². The number of ether oxygens (including phenoxy) is 2. The van der Waals surface area contributed by atoms with E-state index >= 15 is 0 Å². The molecule has 1 rings (SSSR count). The Balaban J connectivity index is 2.69. The number of hydrogen-bond acceptors (Lipinski definition) is 5. The van der Waals surface area contributed by atoms with Gasteiger partial charge in [0.15, 0.2) is 0 Å². The van der Waals surface area contributed by atoms with Crippen LogP contribution in [-0.4, -0.2) is 32.1 Å². The monoisotopic (exact) mass is 302 g/mol. The maximum Gasteiger partial charge on any atom is 0.308 e. The second kappa shape index (κ2) is 9.32. The standard InChI is InChI=1S/C16H18N2O4/c1-12(19)22-15-6-4-13(5-7-15)10-14(11-17)16(20)18-8-3-9-21-2/h4-7,10H,3,8-9H2,1-2H3,(H,18,20)/b14-10+. The number of esters is 1. The minimum atomic E-state index is -0.428. The minimum absolute atomic E-state index is 0.0117. The van der Waals surface area contributed by atoms with E-state index in [0.717, 1.165) is 0 Å². The van der Waals surface area contributed by atoms with Crippen LogP contribution in [0.2, 0.25) is 0 Å². The van der Waals surface area contributed by atoms with Gasteiger partial charge in [-0.25, -0.2) is 0 Å². The van der Waals surface area contributed by atoms with Gasteiger partial charge in [0.05, 0.1) is 0 Å². The third-order valence-electron chi connectivity index (χ3n) is 2.63. The zero-order chi connectivity index (χ0) is 16.4. The van der Waals surface area contributed by atoms with Gasteiger partial charge in [0.2, 0.25) is 0 Å². The van der Waals surface area contributed by atoms with Crippen LogP contribution in [0.1, 0.15) is 18.9 Å². The Bertz CT molecular complexity index is 585. The molecule has 0 heterocycles. The van der Waals surface area contributed by atoms with Crippen molar-refractivity contribution in [3.8, 4) is 11.8 Å². The fourth-order valence-corrected chi connectivity index (χ4v) is 1.63. The highest BCUT2D eigenvalue weighted by molar-refractivity contribution is 6.01. The number of nitrogens with zero attached hydrogens (tertiary/aromatic N) is 1. The molecule has 1 aromatic carbocycles. The summed E-state index contributed by atoms with van der Waals surface area (Å²) >= 11 is 0. The molecule has 0 aliphatic heterocycles. The highest BCUT2D eigenvalue weighted by Gasteiger charge is 2.08. The second-order valence-electron chi connectivity index (χ2n) is 4.43. The Morgan fingerprint density at radius 2 is 2.00 bits per heavy atom. The molecule has 1 amide bonds. The summed E-state index contributed by atoms with van der Waals surface area (Å²) in [7, 11) is 1.59. The van der Waals surface area contributed by atoms with Crippen LogP contribution in [0.15, 0.2) is 29.8 Å². The van der Waals surface area contributed by atoms with Crippen LogP contribution in [0.25, 0.3) is 6.08 Å². The van der Waals surface area contributed by atoms with Crippen LogP contribution in [0, 0.1) is 11.3 Å². The molecule has 6 nitrogen and oxygen atoms in total. The highest BCUT2D eigenvalue weighted by Crippen LogP contribution is 2.14. The molecule has 0 atom stereocenters. The molecule has 116 valence electrons. The molecular formula is C16H18N2O4. The van der Waals surface area contributed by atoms with Crippen LogP contribution in [0.5, 0.6) is 5.75 Å². The minimum Gasteiger partial charge on any atom is -0.427 e. The van der Waals surface area contributed by atoms with Gasteiger partial charge in [-0.1, -0.05) is 12.1 Å². The van der Waals surface area contributed by atoms with Gasteiger partial charge >= 0.3 is 5.97 Å². The van der Waals surface area contributed by atoms with E-state index in [4.69, 9.17) is 14.7 Å². The Labute approximate surface area is 129 Å². The van der Waals surface area contributed by atoms with Gasteiger partial charge in [-0.05, 0) is 30.2 Å². The Hall–Kier alpha value is -2.65. The van der Waals surface area contributed by atoms with E-state index in [1.165, 1.54) is 13.0 Å². The third kappa shape index (κ3) is 6.20. The predicted molar refractivity (Wildman–Crippen MR) is 80.8 cm³/mol. The van der Waals surface area contributed by atoms with Crippen LogP contribution in [-0.2, 0) is 14.3 Å². The SMILES string of the molecule is COCCCNC(=O)/C(C#N)=C/c1ccc(OC(C)=O)cc1. The third-order valence-corrected chi connectivity index (χ3v) is 2.63. The maximum absolute atomic E-state index is 11.8. The number of carbonyl (C=O) groups is 2. The molecule has 0 fully saturated rings. The summed E-state index contributed by atoms with van der Waals surface area (Å²) in [5.41, 5.74) is 0.678. The van der Waals surface area contributed by atoms with E-state index < -0.39 is 11.9 Å². The predicted octanol–water partition coefficient (Wildman–Crippen LogP) is 1.67. The van der Waals surface area contributed by atoms with Crippen molar-refractivity contribution in [2.45, 2.75) is 13.3 Å². The normalized spacial score (nSPS) is 10.7. The molecule has 6 heteroatoms. The molecule has 0 saturated heterocycles. The molecule has 0 spiro atoms. The molecule has 0 unspecified atom stereocenters. The van der Waals surface area contributed by atoms with Gasteiger partial charge in [0.25, 0.3) is 5.91 Å². The van der Waals surface area contributed by atoms with Gasteiger partial charge in [-0.3, -0.25) is 9.59 Å². The largest absolute Gasteiger partial charge is 0.427 e. The van der Waals surface area contributed by atoms with Crippen molar-refractivity contribution in [2.24, 2.45) is 0 Å². The van der Waals surface area contributed by atoms with Crippen molar-refractivity contribution in [3.63, 3.8) is 0 Å². The first-order valence-corrected chi connectivity index (χ1v) is 6.74. The fourth-order valence-electron chi connectivity index (χ4n) is 1.63. The number of benzene rings is 1. The Morgan fingerprint density at radius 3 is 2.55 bits per heavy atom. The van der Waals surface area contributed by atoms with E-state index in [0.29, 0.717) is 30.9 Å². The Kier molecular flexibility index (Phi) is 7.37. The first-order chi connectivity index (χ1) is 10.6. The summed E-state index contributed by atoms with van der Waals surface area (Å²) in [5, 5.41) is 11.7. The number of methoxy groups -OCH3 is 1. The fraction of sp³-hybridized carbons (Fsp3) is 0.312. The van der Waals surface area contributed by atoms with Crippen molar-refractivity contribution in [1.82, 2.24) is 5.32 Å². The van der Waals surface area contributed by atoms with Gasteiger partial charge in [-0.15, -0.1) is 0 Å². The van der Waals surface area contributed by atoms with Crippen molar-refractivity contribution < 1.29 is 19.1 Å². The number of carbonyl (C=O) groups excluding carboxylic acids is 2. The van der Waals surface area contributed by atoms with Crippen LogP contribution in [0.4, 0.5) is 0 Å². The number of hydrogen-bond donors (Lipinski definition) is 1. The van der Waals surface area contributed by atoms with Crippen molar-refractivity contribution in [2.75, 3.05) is 20.3 Å². The van der Waals surface area contributed by atoms with Crippen molar-refractivity contribution in [3.05, 3.63) is 35.4 Å². The van der Waals surface area contributed by atoms with Gasteiger partial charge in [0.1, 0.15) is 17.4 Å². The van der Waals surface area contributed by atoms with Crippen molar-refractivity contribution >= 4 is 18.0 Å². The van der Waals surface area contributed by atoms with E-state index in [1.54, 1.807) is 31.4 Å². The summed E-state index contributed by atoms with van der Waals surface area (Å²) in [6, 6.07) is 8.38. The molecule has 0 saturated carbocycles. The number of amides is 1. The topological polar surface area (TPSA) is 88.4 Å². The van der Waals surface area contributed by atoms with E-state index in [2.05, 4.69) is 5.32 Å². The highest BCUT2D eigenvalue weighted by atomic mass is 16.5. The molecule has 0 aliphatic rings. The van der Waals surface area contributed by atoms with E-state index in [1.807, 2.05) is 6.07 Å². The zero-order valence-electron chi connectivity index (χ0n) is 12.6. The summed E-state index contributed by atoms with van der Waals surface area (Å²) in [6.45, 7) is 2.30. The second-order valence-corrected chi connectivity index (χ2v) is 4.43. The smallest absolute Gasteiger partial charge is 0.308 e. The average Bonchev–Trinajstić information content (AvgIpc) is 2.50. The van der Waals surface area contributed by atoms with Crippen LogP contribution in [0.3, 0.4) is 0 Å². The number of rotatable bonds is 7. The molecule has 0 aromatic heterocycles. The van der Waals surface area contributed by atoms with Crippen LogP contribution >= 0.6 is 0 Å². The van der Waals surface area contributed by atoms with Gasteiger partial charge in [0, 0.05) is 27.2 Å². The first kappa shape index (κ1) is 17.4. The zero-order valence-corrected chi connectivity index (χ0v) is 12.6. The van der Waals surface area contributed by atoms with Crippen LogP contribution < -0.4 is 10.1 Å². The molecule has 0 aliphatic carbocycles. The van der Waals surface area contributed by atoms with E-state index in [9.17, 15) is 9.59 Å². The molecular weight excluding hydrogens is 284 g/mol. The molecule has 1 aromatic rings. The first-order valence-electron chi connectivity index (χ1n) is 6.74. The van der Waals surface area contributed by atoms with E-state index in [-0.39, 0.29) is 5.57 Å². The summed E-state index contributed by atoms with van der Waals surface area (Å²) in [5.74, 6) is -0.425. The maximum atomic E-state index is 11.8. The quantitative estimate of drug-likeness (QED) is 0.272. The number of nitrogens with one attached hydrogen (secondary N) is 1. The lowest BCUT2D eigenvalue weighted by atomic mass is 10.1. The number of nitriles is 1. The molecule has 1 N–H and O–H groups in total. The Morgan fingerprint density at radius 1 is 1.32 bits per heavy atom. The molecule has 22 heavy (non-hydrogen) atoms.